The number of aryl methyl sites for hydroxylation is 1. The fourth-order valence-corrected chi connectivity index (χ4v) is 3.31. The van der Waals surface area contributed by atoms with Gasteiger partial charge in [0.15, 0.2) is 5.65 Å². The second-order valence-corrected chi connectivity index (χ2v) is 6.95. The fraction of sp³-hybridized carbons (Fsp3) is 0.278. The Morgan fingerprint density at radius 1 is 1.24 bits per heavy atom. The van der Waals surface area contributed by atoms with E-state index in [9.17, 15) is 0 Å². The van der Waals surface area contributed by atoms with E-state index < -0.39 is 0 Å². The highest BCUT2D eigenvalue weighted by Gasteiger charge is 2.21. The van der Waals surface area contributed by atoms with Gasteiger partial charge in [-0.15, -0.1) is 0 Å². The third-order valence-electron chi connectivity index (χ3n) is 4.36. The normalized spacial score (nSPS) is 11.8. The molecular formula is C18H19ClN6. The van der Waals surface area contributed by atoms with E-state index in [4.69, 9.17) is 22.4 Å². The lowest BCUT2D eigenvalue weighted by molar-refractivity contribution is 0.495. The number of aromatic nitrogens is 5. The number of benzene rings is 1. The molecule has 7 heteroatoms. The van der Waals surface area contributed by atoms with Gasteiger partial charge in [0, 0.05) is 17.4 Å². The molecule has 0 unspecified atom stereocenters. The molecule has 6 nitrogen and oxygen atoms in total. The Kier molecular flexibility index (Phi) is 3.84. The average Bonchev–Trinajstić information content (AvgIpc) is 3.12. The predicted molar refractivity (Wildman–Crippen MR) is 101 cm³/mol. The average molecular weight is 355 g/mol. The van der Waals surface area contributed by atoms with Crippen molar-refractivity contribution in [3.63, 3.8) is 0 Å². The van der Waals surface area contributed by atoms with Crippen LogP contribution in [0.4, 0.5) is 5.82 Å². The van der Waals surface area contributed by atoms with E-state index in [-0.39, 0.29) is 0 Å². The van der Waals surface area contributed by atoms with Gasteiger partial charge in [-0.3, -0.25) is 0 Å². The van der Waals surface area contributed by atoms with E-state index in [2.05, 4.69) is 28.8 Å². The van der Waals surface area contributed by atoms with Crippen molar-refractivity contribution < 1.29 is 0 Å². The predicted octanol–water partition coefficient (Wildman–Crippen LogP) is 4.26. The number of hydrogen-bond acceptors (Lipinski definition) is 4. The Bertz CT molecular complexity index is 1060. The number of hydrogen-bond donors (Lipinski definition) is 2. The van der Waals surface area contributed by atoms with Crippen LogP contribution in [0.5, 0.6) is 0 Å². The lowest BCUT2D eigenvalue weighted by Gasteiger charge is -2.05. The molecule has 4 aromatic rings. The van der Waals surface area contributed by atoms with Gasteiger partial charge in [0.05, 0.1) is 16.1 Å². The van der Waals surface area contributed by atoms with Crippen molar-refractivity contribution in [2.75, 3.05) is 5.73 Å². The summed E-state index contributed by atoms with van der Waals surface area (Å²) in [6, 6.07) is 7.90. The molecule has 4 rings (SSSR count). The van der Waals surface area contributed by atoms with Crippen LogP contribution < -0.4 is 5.73 Å². The Balaban J connectivity index is 1.95. The standard InChI is InChI=1S/C18H19ClN6/c1-10(2)7-8-25-18-13(17(20)21-9-22-18)15(24-25)16-14(19)11-5-3-4-6-12(11)23-16/h3-6,9-10,23H,7-8H2,1-2H3,(H2,20,21,22). The fourth-order valence-electron chi connectivity index (χ4n) is 3.01. The van der Waals surface area contributed by atoms with E-state index in [0.29, 0.717) is 22.5 Å². The lowest BCUT2D eigenvalue weighted by atomic mass is 10.1. The van der Waals surface area contributed by atoms with Crippen LogP contribution in [0.15, 0.2) is 30.6 Å². The maximum absolute atomic E-state index is 6.62. The van der Waals surface area contributed by atoms with Crippen molar-refractivity contribution in [2.24, 2.45) is 5.92 Å². The highest BCUT2D eigenvalue weighted by molar-refractivity contribution is 6.38. The summed E-state index contributed by atoms with van der Waals surface area (Å²) in [6.45, 7) is 5.14. The summed E-state index contributed by atoms with van der Waals surface area (Å²) in [7, 11) is 0. The molecule has 0 bridgehead atoms. The van der Waals surface area contributed by atoms with E-state index >= 15 is 0 Å². The molecule has 3 heterocycles. The first-order chi connectivity index (χ1) is 12.1. The van der Waals surface area contributed by atoms with Gasteiger partial charge in [0.1, 0.15) is 17.8 Å². The molecule has 0 aliphatic rings. The van der Waals surface area contributed by atoms with Crippen LogP contribution in [0.2, 0.25) is 5.02 Å². The number of fused-ring (bicyclic) bond motifs is 2. The summed E-state index contributed by atoms with van der Waals surface area (Å²) in [6.07, 6.45) is 2.47. The highest BCUT2D eigenvalue weighted by atomic mass is 35.5. The van der Waals surface area contributed by atoms with Gasteiger partial charge in [0.25, 0.3) is 0 Å². The molecule has 0 fully saturated rings. The molecule has 0 atom stereocenters. The molecule has 3 aromatic heterocycles. The number of aromatic amines is 1. The second kappa shape index (κ2) is 6.04. The molecule has 0 spiro atoms. The van der Waals surface area contributed by atoms with Crippen LogP contribution in [0.3, 0.4) is 0 Å². The minimum atomic E-state index is 0.408. The van der Waals surface area contributed by atoms with Crippen LogP contribution in [0, 0.1) is 5.92 Å². The first kappa shape index (κ1) is 15.9. The Labute approximate surface area is 150 Å². The first-order valence-electron chi connectivity index (χ1n) is 8.30. The number of nitrogens with zero attached hydrogens (tertiary/aromatic N) is 4. The second-order valence-electron chi connectivity index (χ2n) is 6.57. The summed E-state index contributed by atoms with van der Waals surface area (Å²) >= 11 is 6.62. The van der Waals surface area contributed by atoms with Gasteiger partial charge in [0.2, 0.25) is 0 Å². The van der Waals surface area contributed by atoms with Crippen LogP contribution in [-0.4, -0.2) is 24.7 Å². The number of nitrogens with two attached hydrogens (primary N) is 1. The minimum absolute atomic E-state index is 0.408. The molecule has 3 N–H and O–H groups in total. The number of rotatable bonds is 4. The summed E-state index contributed by atoms with van der Waals surface area (Å²) in [5.41, 5.74) is 9.28. The van der Waals surface area contributed by atoms with Gasteiger partial charge >= 0.3 is 0 Å². The van der Waals surface area contributed by atoms with E-state index in [1.807, 2.05) is 28.9 Å². The lowest BCUT2D eigenvalue weighted by Crippen LogP contribution is -2.04. The highest BCUT2D eigenvalue weighted by Crippen LogP contribution is 2.38. The number of nitrogen functional groups attached to an aromatic ring is 1. The topological polar surface area (TPSA) is 85.4 Å². The zero-order valence-electron chi connectivity index (χ0n) is 14.1. The smallest absolute Gasteiger partial charge is 0.164 e. The largest absolute Gasteiger partial charge is 0.383 e. The zero-order valence-corrected chi connectivity index (χ0v) is 14.9. The van der Waals surface area contributed by atoms with Crippen LogP contribution in [0.1, 0.15) is 20.3 Å². The van der Waals surface area contributed by atoms with Crippen LogP contribution in [-0.2, 0) is 6.54 Å². The Hall–Kier alpha value is -2.60. The molecule has 1 aromatic carbocycles. The number of para-hydroxylation sites is 1. The minimum Gasteiger partial charge on any atom is -0.383 e. The molecule has 0 aliphatic carbocycles. The van der Waals surface area contributed by atoms with Gasteiger partial charge in [-0.1, -0.05) is 43.6 Å². The molecule has 0 radical (unpaired) electrons. The van der Waals surface area contributed by atoms with Gasteiger partial charge in [-0.25, -0.2) is 14.6 Å². The van der Waals surface area contributed by atoms with Gasteiger partial charge in [-0.05, 0) is 18.4 Å². The number of H-pyrrole nitrogens is 1. The van der Waals surface area contributed by atoms with Crippen LogP contribution in [0.25, 0.3) is 33.3 Å². The summed E-state index contributed by atoms with van der Waals surface area (Å²) < 4.78 is 1.89. The van der Waals surface area contributed by atoms with Crippen molar-refractivity contribution in [1.29, 1.82) is 0 Å². The van der Waals surface area contributed by atoms with Gasteiger partial charge < -0.3 is 10.7 Å². The molecule has 0 aliphatic heterocycles. The number of anilines is 1. The monoisotopic (exact) mass is 354 g/mol. The van der Waals surface area contributed by atoms with Crippen molar-refractivity contribution >= 4 is 39.4 Å². The molecule has 0 amide bonds. The molecule has 25 heavy (non-hydrogen) atoms. The summed E-state index contributed by atoms with van der Waals surface area (Å²) in [5.74, 6) is 0.976. The Morgan fingerprint density at radius 3 is 2.80 bits per heavy atom. The maximum atomic E-state index is 6.62. The molecule has 128 valence electrons. The number of halogens is 1. The molecule has 0 saturated heterocycles. The Morgan fingerprint density at radius 2 is 2.04 bits per heavy atom. The zero-order chi connectivity index (χ0) is 17.6. The first-order valence-corrected chi connectivity index (χ1v) is 8.67. The summed E-state index contributed by atoms with van der Waals surface area (Å²) in [4.78, 5) is 11.9. The van der Waals surface area contributed by atoms with E-state index in [1.54, 1.807) is 0 Å². The van der Waals surface area contributed by atoms with Crippen LogP contribution >= 0.6 is 11.6 Å². The third-order valence-corrected chi connectivity index (χ3v) is 4.75. The van der Waals surface area contributed by atoms with E-state index in [1.165, 1.54) is 6.33 Å². The van der Waals surface area contributed by atoms with Crippen molar-refractivity contribution in [1.82, 2.24) is 24.7 Å². The molecule has 0 saturated carbocycles. The maximum Gasteiger partial charge on any atom is 0.164 e. The summed E-state index contributed by atoms with van der Waals surface area (Å²) in [5, 5.41) is 7.09. The van der Waals surface area contributed by atoms with E-state index in [0.717, 1.165) is 40.6 Å². The van der Waals surface area contributed by atoms with Crippen molar-refractivity contribution in [3.8, 4) is 11.4 Å². The quantitative estimate of drug-likeness (QED) is 0.573. The third kappa shape index (κ3) is 2.62. The molecular weight excluding hydrogens is 336 g/mol. The van der Waals surface area contributed by atoms with Crippen molar-refractivity contribution in [3.05, 3.63) is 35.6 Å². The van der Waals surface area contributed by atoms with Gasteiger partial charge in [-0.2, -0.15) is 5.10 Å². The SMILES string of the molecule is CC(C)CCn1nc(-c2[nH]c3ccccc3c2Cl)c2c(N)ncnc21. The van der Waals surface area contributed by atoms with Crippen molar-refractivity contribution in [2.45, 2.75) is 26.8 Å². The number of nitrogens with one attached hydrogen (secondary N) is 1.